The summed E-state index contributed by atoms with van der Waals surface area (Å²) in [5.41, 5.74) is 0. The Labute approximate surface area is 528 Å². The summed E-state index contributed by atoms with van der Waals surface area (Å²) >= 11 is 0. The number of amides is 1. The Balaban J connectivity index is 2.14. The van der Waals surface area contributed by atoms with Crippen molar-refractivity contribution in [2.75, 3.05) is 13.2 Å². The highest BCUT2D eigenvalue weighted by molar-refractivity contribution is 5.76. The smallest absolute Gasteiger partial charge is 0.220 e. The second-order valence-corrected chi connectivity index (χ2v) is 24.3. The third-order valence-electron chi connectivity index (χ3n) is 16.3. The summed E-state index contributed by atoms with van der Waals surface area (Å²) in [4.78, 5) is 13.1. The number of nitrogens with one attached hydrogen (secondary N) is 1. The zero-order valence-corrected chi connectivity index (χ0v) is 55.3. The van der Waals surface area contributed by atoms with Crippen molar-refractivity contribution < 1.29 is 39.8 Å². The van der Waals surface area contributed by atoms with E-state index in [4.69, 9.17) is 9.47 Å². The molecule has 0 spiro atoms. The van der Waals surface area contributed by atoms with Crippen molar-refractivity contribution in [2.24, 2.45) is 0 Å². The van der Waals surface area contributed by atoms with Crippen LogP contribution in [0.4, 0.5) is 0 Å². The molecular weight excluding hydrogens is 1070 g/mol. The number of aliphatic hydroxyl groups excluding tert-OH is 5. The van der Waals surface area contributed by atoms with Gasteiger partial charge in [-0.25, -0.2) is 0 Å². The van der Waals surface area contributed by atoms with E-state index in [0.29, 0.717) is 6.42 Å². The molecule has 1 aliphatic rings. The molecule has 86 heavy (non-hydrogen) atoms. The molecule has 0 bridgehead atoms. The minimum atomic E-state index is -1.58. The standard InChI is InChI=1S/C77H133NO8/c1-3-5-7-9-11-13-15-17-19-21-23-25-27-29-30-31-32-33-34-35-36-37-38-39-40-41-42-43-45-47-49-51-53-55-57-59-61-63-65-67-73(81)78-70(69-85-77-76(84)75(83)74(82)72(68-79)86-77)71(80)66-64-62-60-58-56-54-52-50-48-46-44-28-26-24-22-20-18-16-14-12-10-8-6-4-2/h5,7,11,13,17,19,23,25,29-30,32-33,35-36,38-39,56,58,64,66,70-72,74-77,79-80,82-84H,3-4,6,8-10,12,14-16,18,20-22,24,26-28,31,34,37,40-55,57,59-63,65,67-69H2,1-2H3,(H,78,81)/b7-5-,13-11-,19-17-,25-23-,30-29-,33-32-,36-35-,39-38-,58-56+,66-64+. The molecule has 9 nitrogen and oxygen atoms in total. The van der Waals surface area contributed by atoms with Crippen molar-refractivity contribution in [3.8, 4) is 0 Å². The Morgan fingerprint density at radius 3 is 1.12 bits per heavy atom. The van der Waals surface area contributed by atoms with E-state index in [2.05, 4.69) is 129 Å². The molecule has 0 radical (unpaired) electrons. The van der Waals surface area contributed by atoms with Crippen molar-refractivity contribution in [2.45, 2.75) is 346 Å². The molecule has 1 heterocycles. The monoisotopic (exact) mass is 1200 g/mol. The highest BCUT2D eigenvalue weighted by Crippen LogP contribution is 2.23. The van der Waals surface area contributed by atoms with Gasteiger partial charge in [-0.3, -0.25) is 4.79 Å². The average molecular weight is 1200 g/mol. The highest BCUT2D eigenvalue weighted by atomic mass is 16.7. The zero-order valence-electron chi connectivity index (χ0n) is 55.3. The summed E-state index contributed by atoms with van der Waals surface area (Å²) in [5, 5.41) is 54.7. The first-order valence-electron chi connectivity index (χ1n) is 35.8. The minimum Gasteiger partial charge on any atom is -0.394 e. The van der Waals surface area contributed by atoms with E-state index in [1.165, 1.54) is 193 Å². The fourth-order valence-electron chi connectivity index (χ4n) is 10.7. The SMILES string of the molecule is CC/C=C\C/C=C\C/C=C\C/C=C\C/C=C\C/C=C\C/C=C\C/C=C\CCCCCCCCCCCCCCCCC(=O)NC(COC1OC(CO)C(O)C(O)C1O)C(O)/C=C/CC/C=C/CCCCCCCCCCCCCCCCCCCC. The highest BCUT2D eigenvalue weighted by Gasteiger charge is 2.44. The molecule has 6 N–H and O–H groups in total. The molecule has 1 aliphatic heterocycles. The number of ether oxygens (including phenoxy) is 2. The number of carbonyl (C=O) groups excluding carboxylic acids is 1. The van der Waals surface area contributed by atoms with Crippen molar-refractivity contribution >= 4 is 5.91 Å². The Kier molecular flexibility index (Phi) is 60.5. The van der Waals surface area contributed by atoms with Crippen LogP contribution >= 0.6 is 0 Å². The van der Waals surface area contributed by atoms with E-state index in [1.54, 1.807) is 6.08 Å². The Morgan fingerprint density at radius 1 is 0.407 bits per heavy atom. The molecule has 7 unspecified atom stereocenters. The molecule has 9 heteroatoms. The van der Waals surface area contributed by atoms with Crippen LogP contribution in [0.3, 0.4) is 0 Å². The van der Waals surface area contributed by atoms with Gasteiger partial charge in [-0.1, -0.05) is 322 Å². The summed E-state index contributed by atoms with van der Waals surface area (Å²) in [6.45, 7) is 3.67. The summed E-state index contributed by atoms with van der Waals surface area (Å²) in [6.07, 6.45) is 90.2. The van der Waals surface area contributed by atoms with Gasteiger partial charge in [0.2, 0.25) is 5.91 Å². The van der Waals surface area contributed by atoms with Crippen molar-refractivity contribution in [1.29, 1.82) is 0 Å². The Hall–Kier alpha value is -3.41. The quantitative estimate of drug-likeness (QED) is 0.0261. The van der Waals surface area contributed by atoms with Crippen LogP contribution in [0.1, 0.15) is 303 Å². The average Bonchev–Trinajstić information content (AvgIpc) is 3.55. The van der Waals surface area contributed by atoms with Gasteiger partial charge in [0.15, 0.2) is 6.29 Å². The van der Waals surface area contributed by atoms with Gasteiger partial charge in [0.25, 0.3) is 0 Å². The number of rotatable bonds is 61. The lowest BCUT2D eigenvalue weighted by Crippen LogP contribution is -2.60. The van der Waals surface area contributed by atoms with Gasteiger partial charge in [-0.2, -0.15) is 0 Å². The summed E-state index contributed by atoms with van der Waals surface area (Å²) in [7, 11) is 0. The van der Waals surface area contributed by atoms with Gasteiger partial charge in [0, 0.05) is 6.42 Å². The number of hydrogen-bond donors (Lipinski definition) is 6. The van der Waals surface area contributed by atoms with Crippen LogP contribution in [0.15, 0.2) is 122 Å². The van der Waals surface area contributed by atoms with Gasteiger partial charge in [0.05, 0.1) is 25.4 Å². The van der Waals surface area contributed by atoms with E-state index >= 15 is 0 Å². The van der Waals surface area contributed by atoms with Crippen LogP contribution in [0, 0.1) is 0 Å². The van der Waals surface area contributed by atoms with Crippen LogP contribution in [-0.4, -0.2) is 87.5 Å². The van der Waals surface area contributed by atoms with Gasteiger partial charge in [0.1, 0.15) is 24.4 Å². The second-order valence-electron chi connectivity index (χ2n) is 24.3. The molecule has 1 saturated heterocycles. The van der Waals surface area contributed by atoms with Crippen LogP contribution in [0.2, 0.25) is 0 Å². The number of aliphatic hydroxyl groups is 5. The van der Waals surface area contributed by atoms with Gasteiger partial charge in [-0.15, -0.1) is 0 Å². The normalized spacial score (nSPS) is 18.8. The van der Waals surface area contributed by atoms with Gasteiger partial charge < -0.3 is 40.3 Å². The summed E-state index contributed by atoms with van der Waals surface area (Å²) < 4.78 is 11.3. The van der Waals surface area contributed by atoms with E-state index in [1.807, 2.05) is 6.08 Å². The molecule has 0 aliphatic carbocycles. The number of unbranched alkanes of at least 4 members (excludes halogenated alkanes) is 33. The fourth-order valence-corrected chi connectivity index (χ4v) is 10.7. The lowest BCUT2D eigenvalue weighted by Gasteiger charge is -2.40. The van der Waals surface area contributed by atoms with Crippen LogP contribution in [0.5, 0.6) is 0 Å². The van der Waals surface area contributed by atoms with Crippen LogP contribution in [0.25, 0.3) is 0 Å². The van der Waals surface area contributed by atoms with Crippen LogP contribution < -0.4 is 5.32 Å². The lowest BCUT2D eigenvalue weighted by atomic mass is 9.99. The lowest BCUT2D eigenvalue weighted by molar-refractivity contribution is -0.302. The van der Waals surface area contributed by atoms with Crippen molar-refractivity contribution in [1.82, 2.24) is 5.32 Å². The van der Waals surface area contributed by atoms with E-state index in [0.717, 1.165) is 89.9 Å². The maximum Gasteiger partial charge on any atom is 0.220 e. The zero-order chi connectivity index (χ0) is 62.1. The number of carbonyl (C=O) groups is 1. The van der Waals surface area contributed by atoms with E-state index < -0.39 is 49.5 Å². The third kappa shape index (κ3) is 52.5. The van der Waals surface area contributed by atoms with E-state index in [-0.39, 0.29) is 12.5 Å². The predicted molar refractivity (Wildman–Crippen MR) is 368 cm³/mol. The molecular formula is C77H133NO8. The Bertz CT molecular complexity index is 1780. The topological polar surface area (TPSA) is 149 Å². The fraction of sp³-hybridized carbons (Fsp3) is 0.727. The molecule has 0 aromatic rings. The third-order valence-corrected chi connectivity index (χ3v) is 16.3. The number of allylic oxidation sites excluding steroid dienone is 19. The minimum absolute atomic E-state index is 0.188. The first kappa shape index (κ1) is 80.6. The molecule has 1 amide bonds. The largest absolute Gasteiger partial charge is 0.394 e. The molecule has 1 rings (SSSR count). The first-order chi connectivity index (χ1) is 42.3. The van der Waals surface area contributed by atoms with Gasteiger partial charge in [-0.05, 0) is 96.3 Å². The molecule has 0 saturated carbocycles. The maximum absolute atomic E-state index is 13.1. The summed E-state index contributed by atoms with van der Waals surface area (Å²) in [6, 6.07) is -0.830. The second kappa shape index (κ2) is 64.6. The van der Waals surface area contributed by atoms with Crippen molar-refractivity contribution in [3.05, 3.63) is 122 Å². The first-order valence-corrected chi connectivity index (χ1v) is 35.8. The van der Waals surface area contributed by atoms with Crippen LogP contribution in [-0.2, 0) is 14.3 Å². The van der Waals surface area contributed by atoms with Crippen molar-refractivity contribution in [3.63, 3.8) is 0 Å². The van der Waals surface area contributed by atoms with E-state index in [9.17, 15) is 30.3 Å². The number of hydrogen-bond acceptors (Lipinski definition) is 8. The molecule has 0 aromatic carbocycles. The molecule has 494 valence electrons. The predicted octanol–water partition coefficient (Wildman–Crippen LogP) is 19.8. The molecule has 7 atom stereocenters. The Morgan fingerprint density at radius 2 is 0.733 bits per heavy atom. The summed E-state index contributed by atoms with van der Waals surface area (Å²) in [5.74, 6) is -0.188. The maximum atomic E-state index is 13.1. The molecule has 0 aromatic heterocycles. The van der Waals surface area contributed by atoms with Gasteiger partial charge >= 0.3 is 0 Å². The molecule has 1 fully saturated rings.